The lowest BCUT2D eigenvalue weighted by atomic mass is 10.0. The molecule has 6 heteroatoms. The van der Waals surface area contributed by atoms with E-state index in [1.54, 1.807) is 0 Å². The molecule has 0 aliphatic rings. The summed E-state index contributed by atoms with van der Waals surface area (Å²) in [7, 11) is 0. The molecule has 0 spiro atoms. The second-order valence-corrected chi connectivity index (χ2v) is 27.7. The molecule has 0 rings (SSSR count). The van der Waals surface area contributed by atoms with Gasteiger partial charge in [0, 0.05) is 12.8 Å². The molecule has 0 heterocycles. The zero-order valence-electron chi connectivity index (χ0n) is 59.7. The third kappa shape index (κ3) is 73.1. The van der Waals surface area contributed by atoms with E-state index in [1.165, 1.54) is 366 Å². The summed E-state index contributed by atoms with van der Waals surface area (Å²) in [4.78, 5) is 24.6. The van der Waals surface area contributed by atoms with Gasteiger partial charge < -0.3 is 20.3 Å². The molecule has 520 valence electrons. The molecule has 0 saturated heterocycles. The third-order valence-electron chi connectivity index (χ3n) is 18.9. The molecule has 6 nitrogen and oxygen atoms in total. The lowest BCUT2D eigenvalue weighted by Crippen LogP contribution is -2.45. The Hall–Kier alpha value is -1.92. The molecular weight excluding hydrogens is 1080 g/mol. The molecule has 2 atom stereocenters. The molecule has 0 bridgehead atoms. The fourth-order valence-electron chi connectivity index (χ4n) is 12.8. The maximum Gasteiger partial charge on any atom is 0.305 e. The summed E-state index contributed by atoms with van der Waals surface area (Å²) in [6, 6.07) is -0.540. The number of hydrogen-bond donors (Lipinski definition) is 3. The molecule has 0 aromatic carbocycles. The zero-order valence-corrected chi connectivity index (χ0v) is 59.7. The zero-order chi connectivity index (χ0) is 63.5. The molecule has 0 fully saturated rings. The fraction of sp³-hybridized carbons (Fsp3) is 0.902. The summed E-state index contributed by atoms with van der Waals surface area (Å²) in [6.07, 6.45) is 101. The van der Waals surface area contributed by atoms with Crippen molar-refractivity contribution in [3.63, 3.8) is 0 Å². The van der Waals surface area contributed by atoms with Gasteiger partial charge in [0.15, 0.2) is 0 Å². The number of carbonyl (C=O) groups is 2. The number of aliphatic hydroxyl groups is 2. The van der Waals surface area contributed by atoms with Gasteiger partial charge >= 0.3 is 5.97 Å². The van der Waals surface area contributed by atoms with Crippen LogP contribution >= 0.6 is 0 Å². The number of esters is 1. The van der Waals surface area contributed by atoms with E-state index in [4.69, 9.17) is 4.74 Å². The molecule has 0 aliphatic carbocycles. The second-order valence-electron chi connectivity index (χ2n) is 27.7. The van der Waals surface area contributed by atoms with Gasteiger partial charge in [0.1, 0.15) is 0 Å². The predicted molar refractivity (Wildman–Crippen MR) is 389 cm³/mol. The Morgan fingerprint density at radius 3 is 0.886 bits per heavy atom. The number of unbranched alkanes of at least 4 members (excludes halogenated alkanes) is 59. The molecular formula is C82H157NO5. The van der Waals surface area contributed by atoms with Gasteiger partial charge in [-0.1, -0.05) is 391 Å². The molecule has 2 unspecified atom stereocenters. The van der Waals surface area contributed by atoms with Crippen LogP contribution in [0, 0.1) is 0 Å². The van der Waals surface area contributed by atoms with Crippen LogP contribution in [0.4, 0.5) is 0 Å². The minimum atomic E-state index is -0.663. The van der Waals surface area contributed by atoms with Crippen LogP contribution in [0.1, 0.15) is 450 Å². The van der Waals surface area contributed by atoms with Gasteiger partial charge in [-0.25, -0.2) is 0 Å². The van der Waals surface area contributed by atoms with Gasteiger partial charge in [-0.15, -0.1) is 0 Å². The van der Waals surface area contributed by atoms with Crippen molar-refractivity contribution in [2.24, 2.45) is 0 Å². The summed E-state index contributed by atoms with van der Waals surface area (Å²) >= 11 is 0. The number of amides is 1. The number of hydrogen-bond acceptors (Lipinski definition) is 5. The van der Waals surface area contributed by atoms with Crippen molar-refractivity contribution in [2.45, 2.75) is 463 Å². The highest BCUT2D eigenvalue weighted by Crippen LogP contribution is 2.20. The van der Waals surface area contributed by atoms with Crippen LogP contribution < -0.4 is 5.32 Å². The Morgan fingerprint density at radius 1 is 0.318 bits per heavy atom. The van der Waals surface area contributed by atoms with Crippen molar-refractivity contribution in [2.75, 3.05) is 13.2 Å². The Balaban J connectivity index is 3.35. The first-order chi connectivity index (χ1) is 43.5. The van der Waals surface area contributed by atoms with E-state index < -0.39 is 12.1 Å². The topological polar surface area (TPSA) is 95.9 Å². The van der Waals surface area contributed by atoms with Crippen molar-refractivity contribution in [3.8, 4) is 0 Å². The van der Waals surface area contributed by atoms with Crippen LogP contribution in [0.25, 0.3) is 0 Å². The van der Waals surface area contributed by atoms with Gasteiger partial charge in [-0.05, 0) is 83.5 Å². The van der Waals surface area contributed by atoms with Crippen LogP contribution in [-0.2, 0) is 14.3 Å². The lowest BCUT2D eigenvalue weighted by molar-refractivity contribution is -0.143. The van der Waals surface area contributed by atoms with Crippen molar-refractivity contribution < 1.29 is 24.5 Å². The standard InChI is InChI=1S/C82H157NO5/c1-3-5-7-9-11-13-15-17-18-19-41-44-47-51-54-58-62-66-70-74-80(85)79(78-84)83-81(86)75-71-67-63-59-55-52-48-45-42-39-37-35-33-31-29-27-25-23-21-20-22-24-26-28-30-32-34-36-38-40-43-46-49-53-57-61-65-69-73-77-88-82(87)76-72-68-64-60-56-50-16-14-12-10-8-6-4-2/h14,16,20-21,24,26,79-80,84-85H,3-13,15,17-19,22-23,25,27-78H2,1-2H3,(H,83,86)/b16-14-,21-20-,26-24-. The highest BCUT2D eigenvalue weighted by molar-refractivity contribution is 5.76. The minimum absolute atomic E-state index is 0.0116. The molecule has 88 heavy (non-hydrogen) atoms. The normalized spacial score (nSPS) is 12.6. The minimum Gasteiger partial charge on any atom is -0.466 e. The number of carbonyl (C=O) groups excluding carboxylic acids is 2. The van der Waals surface area contributed by atoms with Crippen molar-refractivity contribution in [3.05, 3.63) is 36.5 Å². The fourth-order valence-corrected chi connectivity index (χ4v) is 12.8. The highest BCUT2D eigenvalue weighted by atomic mass is 16.5. The van der Waals surface area contributed by atoms with E-state index in [0.717, 1.165) is 51.4 Å². The number of nitrogens with one attached hydrogen (secondary N) is 1. The van der Waals surface area contributed by atoms with Crippen molar-refractivity contribution in [1.82, 2.24) is 5.32 Å². The van der Waals surface area contributed by atoms with Crippen LogP contribution in [-0.4, -0.2) is 47.4 Å². The Morgan fingerprint density at radius 2 is 0.568 bits per heavy atom. The lowest BCUT2D eigenvalue weighted by Gasteiger charge is -2.22. The Labute approximate surface area is 551 Å². The first-order valence-corrected chi connectivity index (χ1v) is 40.2. The van der Waals surface area contributed by atoms with E-state index in [0.29, 0.717) is 25.9 Å². The SMILES string of the molecule is CCCCCC/C=C\CCCCCCCC(=O)OCCCCCCCCCCCCCCCCC/C=C\C/C=C\CCCCCCCCCCCCCCCCCCCC(=O)NC(CO)C(O)CCCCCCCCCCCCCCCCCCCCC. The molecule has 0 aromatic rings. The first-order valence-electron chi connectivity index (χ1n) is 40.2. The van der Waals surface area contributed by atoms with Gasteiger partial charge in [0.25, 0.3) is 0 Å². The average molecular weight is 1240 g/mol. The highest BCUT2D eigenvalue weighted by Gasteiger charge is 2.20. The average Bonchev–Trinajstić information content (AvgIpc) is 3.59. The van der Waals surface area contributed by atoms with Crippen LogP contribution in [0.5, 0.6) is 0 Å². The summed E-state index contributed by atoms with van der Waals surface area (Å²) in [5.74, 6) is -0.0157. The van der Waals surface area contributed by atoms with Crippen LogP contribution in [0.2, 0.25) is 0 Å². The number of ether oxygens (including phenoxy) is 1. The summed E-state index contributed by atoms with van der Waals surface area (Å²) in [6.45, 7) is 4.98. The number of rotatable bonds is 76. The van der Waals surface area contributed by atoms with Crippen LogP contribution in [0.3, 0.4) is 0 Å². The third-order valence-corrected chi connectivity index (χ3v) is 18.9. The largest absolute Gasteiger partial charge is 0.466 e. The van der Waals surface area contributed by atoms with Crippen LogP contribution in [0.15, 0.2) is 36.5 Å². The molecule has 0 radical (unpaired) electrons. The predicted octanol–water partition coefficient (Wildman–Crippen LogP) is 26.6. The Bertz CT molecular complexity index is 1430. The van der Waals surface area contributed by atoms with Gasteiger partial charge in [0.2, 0.25) is 5.91 Å². The number of aliphatic hydroxyl groups excluding tert-OH is 2. The van der Waals surface area contributed by atoms with Crippen molar-refractivity contribution in [1.29, 1.82) is 0 Å². The monoisotopic (exact) mass is 1240 g/mol. The quantitative estimate of drug-likeness (QED) is 0.0320. The van der Waals surface area contributed by atoms with E-state index in [9.17, 15) is 19.8 Å². The molecule has 1 amide bonds. The van der Waals surface area contributed by atoms with E-state index in [2.05, 4.69) is 55.6 Å². The summed E-state index contributed by atoms with van der Waals surface area (Å²) in [5.41, 5.74) is 0. The maximum absolute atomic E-state index is 12.6. The Kier molecular flexibility index (Phi) is 75.8. The van der Waals surface area contributed by atoms with Gasteiger partial charge in [-0.3, -0.25) is 9.59 Å². The molecule has 3 N–H and O–H groups in total. The summed E-state index contributed by atoms with van der Waals surface area (Å²) in [5, 5.41) is 23.4. The van der Waals surface area contributed by atoms with Crippen molar-refractivity contribution >= 4 is 11.9 Å². The van der Waals surface area contributed by atoms with Gasteiger partial charge in [0.05, 0.1) is 25.4 Å². The number of allylic oxidation sites excluding steroid dienone is 6. The summed E-state index contributed by atoms with van der Waals surface area (Å²) < 4.78 is 5.49. The molecule has 0 saturated carbocycles. The van der Waals surface area contributed by atoms with E-state index in [-0.39, 0.29) is 18.5 Å². The smallest absolute Gasteiger partial charge is 0.305 e. The first kappa shape index (κ1) is 86.1. The second kappa shape index (κ2) is 77.5. The van der Waals surface area contributed by atoms with Gasteiger partial charge in [-0.2, -0.15) is 0 Å². The maximum atomic E-state index is 12.6. The van der Waals surface area contributed by atoms with E-state index in [1.807, 2.05) is 0 Å². The molecule has 0 aliphatic heterocycles. The molecule has 0 aromatic heterocycles. The van der Waals surface area contributed by atoms with E-state index >= 15 is 0 Å².